The van der Waals surface area contributed by atoms with E-state index in [0.29, 0.717) is 23.7 Å². The molecular formula is C28H27N5O3. The van der Waals surface area contributed by atoms with Gasteiger partial charge in [0, 0.05) is 35.9 Å². The van der Waals surface area contributed by atoms with E-state index in [2.05, 4.69) is 20.5 Å². The molecule has 1 aliphatic heterocycles. The molecule has 3 aromatic carbocycles. The molecule has 0 saturated heterocycles. The molecule has 0 saturated carbocycles. The second kappa shape index (κ2) is 10.1. The minimum absolute atomic E-state index is 0.172. The summed E-state index contributed by atoms with van der Waals surface area (Å²) in [5, 5.41) is 7.80. The zero-order valence-corrected chi connectivity index (χ0v) is 20.2. The largest absolute Gasteiger partial charge is 0.423 e. The first-order valence-corrected chi connectivity index (χ1v) is 11.7. The Labute approximate surface area is 209 Å². The van der Waals surface area contributed by atoms with Crippen molar-refractivity contribution in [3.63, 3.8) is 0 Å². The zero-order valence-electron chi connectivity index (χ0n) is 20.2. The SMILES string of the molecule is CN(C)CCN1CC(=O)Oc2ccc(NC(=O)Nc3ccc(-c4ccccn4)c4ccccc34)cc21. The molecule has 0 radical (unpaired) electrons. The van der Waals surface area contributed by atoms with Crippen molar-refractivity contribution in [1.29, 1.82) is 0 Å². The van der Waals surface area contributed by atoms with Crippen LogP contribution >= 0.6 is 0 Å². The average Bonchev–Trinajstić information content (AvgIpc) is 2.88. The van der Waals surface area contributed by atoms with Crippen molar-refractivity contribution in [3.8, 4) is 17.0 Å². The van der Waals surface area contributed by atoms with Crippen LogP contribution in [0, 0.1) is 0 Å². The van der Waals surface area contributed by atoms with E-state index in [9.17, 15) is 9.59 Å². The number of aromatic nitrogens is 1. The lowest BCUT2D eigenvalue weighted by molar-refractivity contribution is -0.133. The topological polar surface area (TPSA) is 86.8 Å². The summed E-state index contributed by atoms with van der Waals surface area (Å²) in [6.45, 7) is 1.62. The molecule has 8 heteroatoms. The molecule has 182 valence electrons. The van der Waals surface area contributed by atoms with Gasteiger partial charge in [-0.3, -0.25) is 4.98 Å². The standard InChI is InChI=1S/C28H27N5O3/c1-32(2)15-16-33-18-27(34)36-26-13-10-19(17-25(26)33)30-28(35)31-24-12-11-22(23-9-5-6-14-29-23)20-7-3-4-8-21(20)24/h3-14,17H,15-16,18H2,1-2H3,(H2,30,31,35). The molecule has 0 fully saturated rings. The number of carbonyl (C=O) groups is 2. The minimum Gasteiger partial charge on any atom is -0.423 e. The van der Waals surface area contributed by atoms with E-state index < -0.39 is 0 Å². The number of pyridine rings is 1. The first-order chi connectivity index (χ1) is 17.5. The Bertz CT molecular complexity index is 1420. The van der Waals surface area contributed by atoms with Gasteiger partial charge in [-0.2, -0.15) is 0 Å². The van der Waals surface area contributed by atoms with Gasteiger partial charge in [-0.1, -0.05) is 36.4 Å². The maximum absolute atomic E-state index is 13.0. The van der Waals surface area contributed by atoms with Gasteiger partial charge in [0.2, 0.25) is 0 Å². The number of esters is 1. The summed E-state index contributed by atoms with van der Waals surface area (Å²) in [5.74, 6) is 0.202. The number of likely N-dealkylation sites (N-methyl/N-ethyl adjacent to an activating group) is 1. The highest BCUT2D eigenvalue weighted by Gasteiger charge is 2.24. The second-order valence-corrected chi connectivity index (χ2v) is 8.88. The highest BCUT2D eigenvalue weighted by atomic mass is 16.5. The quantitative estimate of drug-likeness (QED) is 0.303. The smallest absolute Gasteiger partial charge is 0.331 e. The summed E-state index contributed by atoms with van der Waals surface area (Å²) in [6, 6.07) is 22.5. The number of hydrogen-bond acceptors (Lipinski definition) is 6. The average molecular weight is 482 g/mol. The lowest BCUT2D eigenvalue weighted by atomic mass is 10.00. The number of carbonyl (C=O) groups excluding carboxylic acids is 2. The summed E-state index contributed by atoms with van der Waals surface area (Å²) in [7, 11) is 3.97. The van der Waals surface area contributed by atoms with Gasteiger partial charge in [0.1, 0.15) is 6.54 Å². The molecule has 5 rings (SSSR count). The van der Waals surface area contributed by atoms with E-state index in [0.717, 1.165) is 34.3 Å². The second-order valence-electron chi connectivity index (χ2n) is 8.88. The van der Waals surface area contributed by atoms with E-state index in [-0.39, 0.29) is 18.5 Å². The Morgan fingerprint density at radius 1 is 1.00 bits per heavy atom. The van der Waals surface area contributed by atoms with Gasteiger partial charge in [-0.15, -0.1) is 0 Å². The van der Waals surface area contributed by atoms with Gasteiger partial charge in [0.15, 0.2) is 5.75 Å². The van der Waals surface area contributed by atoms with Gasteiger partial charge < -0.3 is 25.2 Å². The van der Waals surface area contributed by atoms with Crippen molar-refractivity contribution < 1.29 is 14.3 Å². The monoisotopic (exact) mass is 481 g/mol. The third-order valence-electron chi connectivity index (χ3n) is 6.03. The molecule has 1 aliphatic rings. The first-order valence-electron chi connectivity index (χ1n) is 11.7. The number of benzene rings is 3. The van der Waals surface area contributed by atoms with Crippen LogP contribution in [0.2, 0.25) is 0 Å². The molecule has 0 spiro atoms. The van der Waals surface area contributed by atoms with Crippen molar-refractivity contribution in [3.05, 3.63) is 79.0 Å². The van der Waals surface area contributed by atoms with Crippen molar-refractivity contribution in [2.45, 2.75) is 0 Å². The third-order valence-corrected chi connectivity index (χ3v) is 6.03. The van der Waals surface area contributed by atoms with Crippen LogP contribution in [0.5, 0.6) is 5.75 Å². The predicted octanol–water partition coefficient (Wildman–Crippen LogP) is 4.83. The Hall–Kier alpha value is -4.43. The highest BCUT2D eigenvalue weighted by molar-refractivity contribution is 6.09. The van der Waals surface area contributed by atoms with Gasteiger partial charge in [-0.05, 0) is 55.9 Å². The Morgan fingerprint density at radius 2 is 1.81 bits per heavy atom. The molecule has 36 heavy (non-hydrogen) atoms. The number of rotatable bonds is 6. The van der Waals surface area contributed by atoms with E-state index >= 15 is 0 Å². The fourth-order valence-corrected chi connectivity index (χ4v) is 4.28. The lowest BCUT2D eigenvalue weighted by Crippen LogP contribution is -2.40. The highest BCUT2D eigenvalue weighted by Crippen LogP contribution is 2.35. The van der Waals surface area contributed by atoms with Crippen molar-refractivity contribution in [1.82, 2.24) is 9.88 Å². The van der Waals surface area contributed by atoms with Crippen LogP contribution in [-0.2, 0) is 4.79 Å². The Balaban J connectivity index is 1.37. The summed E-state index contributed by atoms with van der Waals surface area (Å²) in [5.41, 5.74) is 3.95. The first kappa shape index (κ1) is 23.3. The molecule has 0 aliphatic carbocycles. The van der Waals surface area contributed by atoms with Crippen LogP contribution in [0.15, 0.2) is 79.0 Å². The van der Waals surface area contributed by atoms with Crippen LogP contribution in [0.4, 0.5) is 21.9 Å². The molecule has 2 N–H and O–H groups in total. The number of amides is 2. The number of anilines is 3. The molecule has 4 aromatic rings. The van der Waals surface area contributed by atoms with Gasteiger partial charge in [-0.25, -0.2) is 9.59 Å². The number of fused-ring (bicyclic) bond motifs is 2. The van der Waals surface area contributed by atoms with Crippen LogP contribution < -0.4 is 20.3 Å². The number of nitrogens with one attached hydrogen (secondary N) is 2. The van der Waals surface area contributed by atoms with Crippen LogP contribution in [0.3, 0.4) is 0 Å². The summed E-state index contributed by atoms with van der Waals surface area (Å²) in [6.07, 6.45) is 1.77. The molecule has 2 amide bonds. The van der Waals surface area contributed by atoms with Gasteiger partial charge >= 0.3 is 12.0 Å². The van der Waals surface area contributed by atoms with Crippen LogP contribution in [-0.4, -0.2) is 55.6 Å². The fraction of sp³-hybridized carbons (Fsp3) is 0.179. The number of ether oxygens (including phenoxy) is 1. The normalized spacial score (nSPS) is 12.9. The molecular weight excluding hydrogens is 454 g/mol. The van der Waals surface area contributed by atoms with Crippen LogP contribution in [0.1, 0.15) is 0 Å². The predicted molar refractivity (Wildman–Crippen MR) is 143 cm³/mol. The summed E-state index contributed by atoms with van der Waals surface area (Å²) >= 11 is 0. The number of nitrogens with zero attached hydrogens (tertiary/aromatic N) is 3. The zero-order chi connectivity index (χ0) is 25.1. The van der Waals surface area contributed by atoms with Crippen molar-refractivity contribution >= 4 is 39.8 Å². The summed E-state index contributed by atoms with van der Waals surface area (Å²) in [4.78, 5) is 33.5. The van der Waals surface area contributed by atoms with E-state index in [1.54, 1.807) is 18.3 Å². The minimum atomic E-state index is -0.363. The molecule has 2 heterocycles. The van der Waals surface area contributed by atoms with E-state index in [1.165, 1.54) is 0 Å². The van der Waals surface area contributed by atoms with E-state index in [1.807, 2.05) is 79.7 Å². The molecule has 0 bridgehead atoms. The van der Waals surface area contributed by atoms with Gasteiger partial charge in [0.25, 0.3) is 0 Å². The van der Waals surface area contributed by atoms with Gasteiger partial charge in [0.05, 0.1) is 17.1 Å². The lowest BCUT2D eigenvalue weighted by Gasteiger charge is -2.31. The molecule has 8 nitrogen and oxygen atoms in total. The molecule has 0 atom stereocenters. The third kappa shape index (κ3) is 4.99. The summed E-state index contributed by atoms with van der Waals surface area (Å²) < 4.78 is 5.39. The van der Waals surface area contributed by atoms with E-state index in [4.69, 9.17) is 4.74 Å². The number of urea groups is 1. The fourth-order valence-electron chi connectivity index (χ4n) is 4.28. The molecule has 1 aromatic heterocycles. The van der Waals surface area contributed by atoms with Crippen molar-refractivity contribution in [2.24, 2.45) is 0 Å². The maximum atomic E-state index is 13.0. The van der Waals surface area contributed by atoms with Crippen molar-refractivity contribution in [2.75, 3.05) is 49.3 Å². The Kier molecular flexibility index (Phi) is 6.51. The Morgan fingerprint density at radius 3 is 2.58 bits per heavy atom. The molecule has 0 unspecified atom stereocenters. The van der Waals surface area contributed by atoms with Crippen LogP contribution in [0.25, 0.3) is 22.0 Å². The maximum Gasteiger partial charge on any atom is 0.331 e. The number of hydrogen-bond donors (Lipinski definition) is 2.